The topological polar surface area (TPSA) is 69.7 Å². The number of benzene rings is 1. The van der Waals surface area contributed by atoms with Crippen LogP contribution in [0.15, 0.2) is 36.5 Å². The smallest absolute Gasteiger partial charge is 0.253 e. The van der Waals surface area contributed by atoms with Crippen LogP contribution >= 0.6 is 0 Å². The molecule has 1 amide bonds. The molecule has 6 heteroatoms. The second-order valence-electron chi connectivity index (χ2n) is 4.45. The standard InChI is InChI=1S/C16H18N2O4/c1-20-13-6-4-11(14(8-13)21-2)9-18-16(19)12-5-7-15(22-3)17-10-12/h4-8,10H,9H2,1-3H3,(H,18,19). The lowest BCUT2D eigenvalue weighted by Crippen LogP contribution is -2.23. The number of hydrogen-bond acceptors (Lipinski definition) is 5. The van der Waals surface area contributed by atoms with Crippen LogP contribution in [0.5, 0.6) is 17.4 Å². The van der Waals surface area contributed by atoms with E-state index < -0.39 is 0 Å². The van der Waals surface area contributed by atoms with Crippen molar-refractivity contribution in [3.63, 3.8) is 0 Å². The van der Waals surface area contributed by atoms with E-state index in [2.05, 4.69) is 10.3 Å². The average molecular weight is 302 g/mol. The molecule has 1 aromatic carbocycles. The van der Waals surface area contributed by atoms with Crippen molar-refractivity contribution in [3.8, 4) is 17.4 Å². The highest BCUT2D eigenvalue weighted by molar-refractivity contribution is 5.93. The summed E-state index contributed by atoms with van der Waals surface area (Å²) in [6.45, 7) is 0.345. The number of carbonyl (C=O) groups is 1. The quantitative estimate of drug-likeness (QED) is 0.884. The molecule has 116 valence electrons. The maximum atomic E-state index is 12.1. The summed E-state index contributed by atoms with van der Waals surface area (Å²) in [6, 6.07) is 8.74. The summed E-state index contributed by atoms with van der Waals surface area (Å²) in [5.41, 5.74) is 1.33. The number of aromatic nitrogens is 1. The Hall–Kier alpha value is -2.76. The molecule has 2 rings (SSSR count). The molecule has 0 aliphatic rings. The number of carbonyl (C=O) groups excluding carboxylic acids is 1. The number of nitrogens with zero attached hydrogens (tertiary/aromatic N) is 1. The fraction of sp³-hybridized carbons (Fsp3) is 0.250. The predicted octanol–water partition coefficient (Wildman–Crippen LogP) is 2.04. The summed E-state index contributed by atoms with van der Waals surface area (Å²) < 4.78 is 15.4. The van der Waals surface area contributed by atoms with Crippen molar-refractivity contribution in [2.75, 3.05) is 21.3 Å². The summed E-state index contributed by atoms with van der Waals surface area (Å²) in [5.74, 6) is 1.61. The minimum absolute atomic E-state index is 0.215. The van der Waals surface area contributed by atoms with Crippen LogP contribution in [0.1, 0.15) is 15.9 Å². The van der Waals surface area contributed by atoms with Crippen LogP contribution in [0.4, 0.5) is 0 Å². The van der Waals surface area contributed by atoms with Gasteiger partial charge in [0.05, 0.1) is 26.9 Å². The first kappa shape index (κ1) is 15.6. The fourth-order valence-corrected chi connectivity index (χ4v) is 1.91. The molecular weight excluding hydrogens is 284 g/mol. The summed E-state index contributed by atoms with van der Waals surface area (Å²) in [7, 11) is 4.69. The first-order chi connectivity index (χ1) is 10.7. The van der Waals surface area contributed by atoms with Crippen molar-refractivity contribution in [2.45, 2.75) is 6.54 Å². The van der Waals surface area contributed by atoms with Gasteiger partial charge in [-0.15, -0.1) is 0 Å². The molecule has 22 heavy (non-hydrogen) atoms. The van der Waals surface area contributed by atoms with Crippen LogP contribution in [0.2, 0.25) is 0 Å². The molecule has 6 nitrogen and oxygen atoms in total. The molecule has 0 radical (unpaired) electrons. The Balaban J connectivity index is 2.04. The summed E-state index contributed by atoms with van der Waals surface area (Å²) >= 11 is 0. The number of hydrogen-bond donors (Lipinski definition) is 1. The summed E-state index contributed by atoms with van der Waals surface area (Å²) in [4.78, 5) is 16.1. The zero-order valence-corrected chi connectivity index (χ0v) is 12.8. The third-order valence-electron chi connectivity index (χ3n) is 3.14. The van der Waals surface area contributed by atoms with Crippen molar-refractivity contribution in [1.29, 1.82) is 0 Å². The first-order valence-corrected chi connectivity index (χ1v) is 6.67. The number of ether oxygens (including phenoxy) is 3. The third kappa shape index (κ3) is 3.66. The van der Waals surface area contributed by atoms with Gasteiger partial charge in [0, 0.05) is 30.4 Å². The van der Waals surface area contributed by atoms with Crippen molar-refractivity contribution in [3.05, 3.63) is 47.7 Å². The van der Waals surface area contributed by atoms with E-state index in [-0.39, 0.29) is 5.91 Å². The van der Waals surface area contributed by atoms with Crippen LogP contribution in [-0.2, 0) is 6.54 Å². The number of rotatable bonds is 6. The van der Waals surface area contributed by atoms with Crippen LogP contribution in [0.3, 0.4) is 0 Å². The molecule has 0 unspecified atom stereocenters. The lowest BCUT2D eigenvalue weighted by Gasteiger charge is -2.11. The van der Waals surface area contributed by atoms with Crippen molar-refractivity contribution in [1.82, 2.24) is 10.3 Å². The van der Waals surface area contributed by atoms with Crippen molar-refractivity contribution in [2.24, 2.45) is 0 Å². The normalized spacial score (nSPS) is 9.95. The summed E-state index contributed by atoms with van der Waals surface area (Å²) in [5, 5.41) is 2.82. The highest BCUT2D eigenvalue weighted by Gasteiger charge is 2.09. The Morgan fingerprint density at radius 3 is 2.50 bits per heavy atom. The summed E-state index contributed by atoms with van der Waals surface area (Å²) in [6.07, 6.45) is 1.47. The van der Waals surface area contributed by atoms with Gasteiger partial charge in [0.25, 0.3) is 5.91 Å². The van der Waals surface area contributed by atoms with E-state index in [0.717, 1.165) is 5.56 Å². The molecule has 1 aromatic heterocycles. The molecule has 0 saturated carbocycles. The highest BCUT2D eigenvalue weighted by atomic mass is 16.5. The Labute approximate surface area is 129 Å². The van der Waals surface area contributed by atoms with Gasteiger partial charge in [-0.05, 0) is 18.2 Å². The predicted molar refractivity (Wildman–Crippen MR) is 81.5 cm³/mol. The van der Waals surface area contributed by atoms with E-state index in [1.165, 1.54) is 13.3 Å². The molecule has 0 aliphatic carbocycles. The van der Waals surface area contributed by atoms with Gasteiger partial charge in [0.1, 0.15) is 11.5 Å². The van der Waals surface area contributed by atoms with E-state index in [9.17, 15) is 4.79 Å². The molecule has 0 saturated heterocycles. The van der Waals surface area contributed by atoms with Gasteiger partial charge in [-0.2, -0.15) is 0 Å². The fourth-order valence-electron chi connectivity index (χ4n) is 1.91. The molecule has 0 fully saturated rings. The maximum Gasteiger partial charge on any atom is 0.253 e. The minimum atomic E-state index is -0.215. The molecular formula is C16H18N2O4. The number of pyridine rings is 1. The second-order valence-corrected chi connectivity index (χ2v) is 4.45. The van der Waals surface area contributed by atoms with Gasteiger partial charge in [-0.1, -0.05) is 0 Å². The molecule has 0 atom stereocenters. The highest BCUT2D eigenvalue weighted by Crippen LogP contribution is 2.24. The van der Waals surface area contributed by atoms with E-state index >= 15 is 0 Å². The molecule has 0 aliphatic heterocycles. The Morgan fingerprint density at radius 1 is 1.09 bits per heavy atom. The lowest BCUT2D eigenvalue weighted by atomic mass is 10.2. The van der Waals surface area contributed by atoms with Gasteiger partial charge in [-0.25, -0.2) is 4.98 Å². The molecule has 2 aromatic rings. The van der Waals surface area contributed by atoms with Gasteiger partial charge in [0.2, 0.25) is 5.88 Å². The second kappa shape index (κ2) is 7.31. The first-order valence-electron chi connectivity index (χ1n) is 6.67. The van der Waals surface area contributed by atoms with E-state index in [1.807, 2.05) is 12.1 Å². The molecule has 1 N–H and O–H groups in total. The largest absolute Gasteiger partial charge is 0.497 e. The Bertz CT molecular complexity index is 641. The van der Waals surface area contributed by atoms with Crippen LogP contribution < -0.4 is 19.5 Å². The van der Waals surface area contributed by atoms with Crippen molar-refractivity contribution < 1.29 is 19.0 Å². The minimum Gasteiger partial charge on any atom is -0.497 e. The lowest BCUT2D eigenvalue weighted by molar-refractivity contribution is 0.0950. The zero-order valence-electron chi connectivity index (χ0n) is 12.8. The van der Waals surface area contributed by atoms with Crippen LogP contribution in [0.25, 0.3) is 0 Å². The Kier molecular flexibility index (Phi) is 5.19. The molecule has 0 spiro atoms. The van der Waals surface area contributed by atoms with Crippen LogP contribution in [-0.4, -0.2) is 32.2 Å². The number of nitrogens with one attached hydrogen (secondary N) is 1. The van der Waals surface area contributed by atoms with Gasteiger partial charge in [-0.3, -0.25) is 4.79 Å². The Morgan fingerprint density at radius 2 is 1.91 bits per heavy atom. The van der Waals surface area contributed by atoms with Gasteiger partial charge < -0.3 is 19.5 Å². The van der Waals surface area contributed by atoms with Crippen molar-refractivity contribution >= 4 is 5.91 Å². The van der Waals surface area contributed by atoms with Gasteiger partial charge in [0.15, 0.2) is 0 Å². The maximum absolute atomic E-state index is 12.1. The van der Waals surface area contributed by atoms with Crippen LogP contribution in [0, 0.1) is 0 Å². The average Bonchev–Trinajstić information content (AvgIpc) is 2.59. The molecule has 1 heterocycles. The monoisotopic (exact) mass is 302 g/mol. The molecule has 0 bridgehead atoms. The van der Waals surface area contributed by atoms with E-state index in [4.69, 9.17) is 14.2 Å². The third-order valence-corrected chi connectivity index (χ3v) is 3.14. The van der Waals surface area contributed by atoms with E-state index in [1.54, 1.807) is 32.4 Å². The zero-order chi connectivity index (χ0) is 15.9. The SMILES string of the molecule is COc1ccc(CNC(=O)c2ccc(OC)nc2)c(OC)c1. The number of amides is 1. The number of methoxy groups -OCH3 is 3. The van der Waals surface area contributed by atoms with E-state index in [0.29, 0.717) is 29.5 Å². The van der Waals surface area contributed by atoms with Gasteiger partial charge >= 0.3 is 0 Å².